The highest BCUT2D eigenvalue weighted by Crippen LogP contribution is 2.24. The van der Waals surface area contributed by atoms with Gasteiger partial charge < -0.3 is 9.84 Å². The van der Waals surface area contributed by atoms with Gasteiger partial charge in [0, 0.05) is 35.4 Å². The van der Waals surface area contributed by atoms with Crippen molar-refractivity contribution < 1.29 is 17.7 Å². The number of hydrogen-bond donors (Lipinski definition) is 2. The predicted octanol–water partition coefficient (Wildman–Crippen LogP) is 4.41. The number of nitrogens with one attached hydrogen (secondary N) is 2. The van der Waals surface area contributed by atoms with Crippen molar-refractivity contribution in [1.82, 2.24) is 10.1 Å². The van der Waals surface area contributed by atoms with E-state index in [1.807, 2.05) is 13.0 Å². The highest BCUT2D eigenvalue weighted by atomic mass is 32.2. The van der Waals surface area contributed by atoms with Crippen LogP contribution in [0.15, 0.2) is 82.5 Å². The molecule has 2 aromatic carbocycles. The molecule has 0 radical (unpaired) electrons. The molecule has 0 unspecified atom stereocenters. The summed E-state index contributed by atoms with van der Waals surface area (Å²) in [5.74, 6) is -0.125. The first kappa shape index (κ1) is 21.3. The minimum absolute atomic E-state index is 0.0618. The number of carbonyl (C=O) groups is 1. The first-order valence-electron chi connectivity index (χ1n) is 9.70. The van der Waals surface area contributed by atoms with Gasteiger partial charge in [-0.15, -0.1) is 0 Å². The SMILES string of the molecule is Cc1cccc(NS(=O)(=O)c2cc(NC(=O)c3cc(-c4cccnc4)on3)ccc2C)c1. The molecule has 2 N–H and O–H groups in total. The summed E-state index contributed by atoms with van der Waals surface area (Å²) in [4.78, 5) is 16.7. The molecule has 2 aromatic heterocycles. The topological polar surface area (TPSA) is 114 Å². The third-order valence-corrected chi connectivity index (χ3v) is 6.22. The van der Waals surface area contributed by atoms with Crippen LogP contribution in [-0.4, -0.2) is 24.5 Å². The molecule has 1 amide bonds. The number of aromatic nitrogens is 2. The van der Waals surface area contributed by atoms with Crippen LogP contribution >= 0.6 is 0 Å². The Morgan fingerprint density at radius 1 is 0.969 bits per heavy atom. The van der Waals surface area contributed by atoms with Gasteiger partial charge >= 0.3 is 0 Å². The lowest BCUT2D eigenvalue weighted by atomic mass is 10.2. The molecule has 0 saturated heterocycles. The van der Waals surface area contributed by atoms with Crippen molar-refractivity contribution in [2.24, 2.45) is 0 Å². The van der Waals surface area contributed by atoms with Crippen LogP contribution in [-0.2, 0) is 10.0 Å². The molecule has 32 heavy (non-hydrogen) atoms. The van der Waals surface area contributed by atoms with Gasteiger partial charge in [-0.05, 0) is 61.4 Å². The molecule has 4 rings (SSSR count). The van der Waals surface area contributed by atoms with Crippen LogP contribution in [0.25, 0.3) is 11.3 Å². The van der Waals surface area contributed by atoms with Crippen molar-refractivity contribution in [2.45, 2.75) is 18.7 Å². The fraction of sp³-hybridized carbons (Fsp3) is 0.0870. The standard InChI is InChI=1S/C23H20N4O4S/c1-15-5-3-7-19(11-15)27-32(29,30)22-12-18(9-8-16(22)2)25-23(28)20-13-21(31-26-20)17-6-4-10-24-14-17/h3-14,27H,1-2H3,(H,25,28). The molecule has 0 bridgehead atoms. The number of sulfonamides is 1. The lowest BCUT2D eigenvalue weighted by Crippen LogP contribution is -2.16. The molecule has 162 valence electrons. The van der Waals surface area contributed by atoms with E-state index < -0.39 is 15.9 Å². The largest absolute Gasteiger partial charge is 0.355 e. The highest BCUT2D eigenvalue weighted by Gasteiger charge is 2.20. The van der Waals surface area contributed by atoms with E-state index in [0.29, 0.717) is 28.3 Å². The van der Waals surface area contributed by atoms with Crippen LogP contribution in [0.3, 0.4) is 0 Å². The molecule has 0 aliphatic carbocycles. The Morgan fingerprint density at radius 3 is 2.56 bits per heavy atom. The molecule has 0 fully saturated rings. The normalized spacial score (nSPS) is 11.2. The maximum absolute atomic E-state index is 12.9. The zero-order valence-corrected chi connectivity index (χ0v) is 18.2. The smallest absolute Gasteiger partial charge is 0.277 e. The maximum Gasteiger partial charge on any atom is 0.277 e. The van der Waals surface area contributed by atoms with E-state index in [1.54, 1.807) is 61.8 Å². The van der Waals surface area contributed by atoms with Gasteiger partial charge in [-0.1, -0.05) is 23.4 Å². The van der Waals surface area contributed by atoms with E-state index in [0.717, 1.165) is 5.56 Å². The average Bonchev–Trinajstić information content (AvgIpc) is 3.26. The molecule has 0 saturated carbocycles. The van der Waals surface area contributed by atoms with Gasteiger partial charge in [0.05, 0.1) is 4.90 Å². The molecule has 0 aliphatic heterocycles. The van der Waals surface area contributed by atoms with E-state index in [1.165, 1.54) is 12.1 Å². The molecule has 9 heteroatoms. The number of amides is 1. The molecular formula is C23H20N4O4S. The van der Waals surface area contributed by atoms with Crippen LogP contribution in [0, 0.1) is 13.8 Å². The second-order valence-corrected chi connectivity index (χ2v) is 8.88. The molecule has 4 aromatic rings. The molecule has 2 heterocycles. The summed E-state index contributed by atoms with van der Waals surface area (Å²) in [6.45, 7) is 3.57. The van der Waals surface area contributed by atoms with Gasteiger partial charge in [0.25, 0.3) is 15.9 Å². The minimum Gasteiger partial charge on any atom is -0.355 e. The van der Waals surface area contributed by atoms with Crippen molar-refractivity contribution in [3.8, 4) is 11.3 Å². The van der Waals surface area contributed by atoms with E-state index in [-0.39, 0.29) is 10.6 Å². The highest BCUT2D eigenvalue weighted by molar-refractivity contribution is 7.92. The number of aryl methyl sites for hydroxylation is 2. The summed E-state index contributed by atoms with van der Waals surface area (Å²) in [5.41, 5.74) is 3.00. The Balaban J connectivity index is 1.55. The second-order valence-electron chi connectivity index (χ2n) is 7.23. The molecule has 0 atom stereocenters. The van der Waals surface area contributed by atoms with E-state index in [2.05, 4.69) is 20.2 Å². The monoisotopic (exact) mass is 448 g/mol. The van der Waals surface area contributed by atoms with E-state index in [4.69, 9.17) is 4.52 Å². The van der Waals surface area contributed by atoms with Crippen LogP contribution < -0.4 is 10.0 Å². The van der Waals surface area contributed by atoms with Crippen molar-refractivity contribution in [1.29, 1.82) is 0 Å². The Hall–Kier alpha value is -3.98. The number of rotatable bonds is 6. The first-order chi connectivity index (χ1) is 15.3. The third kappa shape index (κ3) is 4.68. The number of anilines is 2. The van der Waals surface area contributed by atoms with E-state index in [9.17, 15) is 13.2 Å². The Labute approximate surface area is 185 Å². The number of hydrogen-bond acceptors (Lipinski definition) is 6. The van der Waals surface area contributed by atoms with Gasteiger partial charge in [0.15, 0.2) is 11.5 Å². The Morgan fingerprint density at radius 2 is 1.81 bits per heavy atom. The fourth-order valence-corrected chi connectivity index (χ4v) is 4.43. The fourth-order valence-electron chi connectivity index (χ4n) is 3.11. The summed E-state index contributed by atoms with van der Waals surface area (Å²) in [5, 5.41) is 6.46. The van der Waals surface area contributed by atoms with Crippen LogP contribution in [0.1, 0.15) is 21.6 Å². The second kappa shape index (κ2) is 8.64. The van der Waals surface area contributed by atoms with Crippen LogP contribution in [0.5, 0.6) is 0 Å². The molecule has 0 spiro atoms. The molecule has 8 nitrogen and oxygen atoms in total. The van der Waals surface area contributed by atoms with Gasteiger partial charge in [-0.2, -0.15) is 0 Å². The van der Waals surface area contributed by atoms with Gasteiger partial charge in [0.1, 0.15) is 0 Å². The zero-order valence-electron chi connectivity index (χ0n) is 17.4. The Bertz CT molecular complexity index is 1380. The van der Waals surface area contributed by atoms with Crippen LogP contribution in [0.4, 0.5) is 11.4 Å². The zero-order chi connectivity index (χ0) is 22.7. The van der Waals surface area contributed by atoms with Gasteiger partial charge in [-0.25, -0.2) is 8.42 Å². The first-order valence-corrected chi connectivity index (χ1v) is 11.2. The number of pyridine rings is 1. The average molecular weight is 449 g/mol. The summed E-state index contributed by atoms with van der Waals surface area (Å²) in [6, 6.07) is 16.8. The molecule has 0 aliphatic rings. The number of carbonyl (C=O) groups excluding carboxylic acids is 1. The maximum atomic E-state index is 12.9. The number of nitrogens with zero attached hydrogens (tertiary/aromatic N) is 2. The van der Waals surface area contributed by atoms with Crippen molar-refractivity contribution in [3.05, 3.63) is 89.9 Å². The summed E-state index contributed by atoms with van der Waals surface area (Å²) >= 11 is 0. The Kier molecular flexibility index (Phi) is 5.74. The number of benzene rings is 2. The minimum atomic E-state index is -3.86. The summed E-state index contributed by atoms with van der Waals surface area (Å²) < 4.78 is 33.7. The quantitative estimate of drug-likeness (QED) is 0.452. The van der Waals surface area contributed by atoms with E-state index >= 15 is 0 Å². The van der Waals surface area contributed by atoms with Gasteiger partial charge in [-0.3, -0.25) is 14.5 Å². The predicted molar refractivity (Wildman–Crippen MR) is 121 cm³/mol. The third-order valence-electron chi connectivity index (χ3n) is 4.69. The molecular weight excluding hydrogens is 428 g/mol. The summed E-state index contributed by atoms with van der Waals surface area (Å²) in [7, 11) is -3.86. The van der Waals surface area contributed by atoms with Crippen molar-refractivity contribution in [3.63, 3.8) is 0 Å². The lowest BCUT2D eigenvalue weighted by Gasteiger charge is -2.13. The van der Waals surface area contributed by atoms with Crippen LogP contribution in [0.2, 0.25) is 0 Å². The summed E-state index contributed by atoms with van der Waals surface area (Å²) in [6.07, 6.45) is 3.23. The van der Waals surface area contributed by atoms with Crippen molar-refractivity contribution in [2.75, 3.05) is 10.0 Å². The van der Waals surface area contributed by atoms with Gasteiger partial charge in [0.2, 0.25) is 0 Å². The van der Waals surface area contributed by atoms with Crippen molar-refractivity contribution >= 4 is 27.3 Å². The lowest BCUT2D eigenvalue weighted by molar-refractivity contribution is 0.101.